The first kappa shape index (κ1) is 15.7. The summed E-state index contributed by atoms with van der Waals surface area (Å²) >= 11 is 1.49. The van der Waals surface area contributed by atoms with Crippen molar-refractivity contribution in [1.82, 2.24) is 19.9 Å². The first-order valence-corrected chi connectivity index (χ1v) is 8.29. The Morgan fingerprint density at radius 1 is 1.35 bits per heavy atom. The van der Waals surface area contributed by atoms with Crippen molar-refractivity contribution < 1.29 is 14.3 Å². The summed E-state index contributed by atoms with van der Waals surface area (Å²) in [5.41, 5.74) is 0.535. The molecule has 3 heterocycles. The third-order valence-corrected chi connectivity index (χ3v) is 4.42. The van der Waals surface area contributed by atoms with Gasteiger partial charge in [-0.1, -0.05) is 0 Å². The topological polar surface area (TPSA) is 77.4 Å². The fourth-order valence-electron chi connectivity index (χ4n) is 2.46. The Kier molecular flexibility index (Phi) is 4.71. The molecule has 7 nitrogen and oxygen atoms in total. The van der Waals surface area contributed by atoms with Gasteiger partial charge < -0.3 is 14.4 Å². The van der Waals surface area contributed by atoms with Gasteiger partial charge >= 0.3 is 6.01 Å². The molecule has 0 unspecified atom stereocenters. The third kappa shape index (κ3) is 3.76. The van der Waals surface area contributed by atoms with Crippen LogP contribution in [-0.2, 0) is 0 Å². The number of nitrogens with zero attached hydrogens (tertiary/aromatic N) is 4. The zero-order valence-corrected chi connectivity index (χ0v) is 13.9. The highest BCUT2D eigenvalue weighted by atomic mass is 32.1. The van der Waals surface area contributed by atoms with Crippen LogP contribution < -0.4 is 9.47 Å². The van der Waals surface area contributed by atoms with Gasteiger partial charge in [0.15, 0.2) is 0 Å². The van der Waals surface area contributed by atoms with Crippen LogP contribution in [0.4, 0.5) is 0 Å². The first-order valence-electron chi connectivity index (χ1n) is 7.41. The van der Waals surface area contributed by atoms with Gasteiger partial charge in [0.1, 0.15) is 11.8 Å². The molecule has 0 aliphatic carbocycles. The van der Waals surface area contributed by atoms with E-state index >= 15 is 0 Å². The molecule has 0 saturated carbocycles. The summed E-state index contributed by atoms with van der Waals surface area (Å²) in [4.78, 5) is 26.5. The molecular formula is C15H18N4O3S. The summed E-state index contributed by atoms with van der Waals surface area (Å²) in [5.74, 6) is 0.494. The average Bonchev–Trinajstić information content (AvgIpc) is 3.01. The Labute approximate surface area is 138 Å². The van der Waals surface area contributed by atoms with Crippen LogP contribution in [0, 0.1) is 6.92 Å². The third-order valence-electron chi connectivity index (χ3n) is 3.65. The summed E-state index contributed by atoms with van der Waals surface area (Å²) in [7, 11) is 1.52. The number of rotatable bonds is 4. The van der Waals surface area contributed by atoms with Gasteiger partial charge in [-0.2, -0.15) is 4.98 Å². The lowest BCUT2D eigenvalue weighted by atomic mass is 10.1. The number of likely N-dealkylation sites (tertiary alicyclic amines) is 1. The second-order valence-electron chi connectivity index (χ2n) is 5.24. The molecule has 0 spiro atoms. The Balaban J connectivity index is 1.55. The van der Waals surface area contributed by atoms with Gasteiger partial charge in [-0.15, -0.1) is 11.3 Å². The summed E-state index contributed by atoms with van der Waals surface area (Å²) in [5, 5.41) is 2.72. The molecule has 1 aliphatic rings. The molecule has 0 aromatic carbocycles. The zero-order valence-electron chi connectivity index (χ0n) is 13.1. The summed E-state index contributed by atoms with van der Waals surface area (Å²) < 4.78 is 10.8. The van der Waals surface area contributed by atoms with Crippen LogP contribution in [-0.4, -0.2) is 52.1 Å². The van der Waals surface area contributed by atoms with Crippen LogP contribution in [0.2, 0.25) is 0 Å². The van der Waals surface area contributed by atoms with E-state index in [1.807, 2.05) is 17.2 Å². The van der Waals surface area contributed by atoms with E-state index in [0.717, 1.165) is 17.8 Å². The predicted octanol–water partition coefficient (Wildman–Crippen LogP) is 1.93. The summed E-state index contributed by atoms with van der Waals surface area (Å²) in [6.07, 6.45) is 3.17. The Hall–Kier alpha value is -2.22. The zero-order chi connectivity index (χ0) is 16.2. The van der Waals surface area contributed by atoms with Crippen molar-refractivity contribution in [2.24, 2.45) is 0 Å². The van der Waals surface area contributed by atoms with Crippen LogP contribution in [0.5, 0.6) is 11.9 Å². The molecular weight excluding hydrogens is 316 g/mol. The molecule has 3 rings (SSSR count). The molecule has 8 heteroatoms. The molecule has 23 heavy (non-hydrogen) atoms. The normalized spacial score (nSPS) is 15.5. The molecule has 122 valence electrons. The SMILES string of the molecule is COc1nccc(OC2CCN(C(=O)c3csc(C)n3)CC2)n1. The number of aromatic nitrogens is 3. The lowest BCUT2D eigenvalue weighted by Gasteiger charge is -2.31. The predicted molar refractivity (Wildman–Crippen MR) is 85.0 cm³/mol. The maximum absolute atomic E-state index is 12.4. The van der Waals surface area contributed by atoms with E-state index in [4.69, 9.17) is 9.47 Å². The number of carbonyl (C=O) groups is 1. The van der Waals surface area contributed by atoms with Crippen LogP contribution in [0.1, 0.15) is 28.3 Å². The minimum Gasteiger partial charge on any atom is -0.474 e. The minimum absolute atomic E-state index is 0.00324. The molecule has 1 amide bonds. The van der Waals surface area contributed by atoms with E-state index < -0.39 is 0 Å². The number of piperidine rings is 1. The van der Waals surface area contributed by atoms with Crippen LogP contribution >= 0.6 is 11.3 Å². The van der Waals surface area contributed by atoms with E-state index in [9.17, 15) is 4.79 Å². The van der Waals surface area contributed by atoms with Crippen molar-refractivity contribution in [2.45, 2.75) is 25.9 Å². The second-order valence-corrected chi connectivity index (χ2v) is 6.30. The fraction of sp³-hybridized carbons (Fsp3) is 0.467. The van der Waals surface area contributed by atoms with Crippen molar-refractivity contribution in [2.75, 3.05) is 20.2 Å². The molecule has 0 bridgehead atoms. The smallest absolute Gasteiger partial charge is 0.319 e. The quantitative estimate of drug-likeness (QED) is 0.850. The number of amides is 1. The van der Waals surface area contributed by atoms with E-state index in [2.05, 4.69) is 15.0 Å². The number of thiazole rings is 1. The van der Waals surface area contributed by atoms with Gasteiger partial charge in [0.2, 0.25) is 5.88 Å². The van der Waals surface area contributed by atoms with Gasteiger partial charge in [0, 0.05) is 43.6 Å². The number of aryl methyl sites for hydroxylation is 1. The highest BCUT2D eigenvalue weighted by Gasteiger charge is 2.26. The summed E-state index contributed by atoms with van der Waals surface area (Å²) in [6.45, 7) is 3.21. The van der Waals surface area contributed by atoms with Crippen molar-refractivity contribution in [3.63, 3.8) is 0 Å². The van der Waals surface area contributed by atoms with Crippen LogP contribution in [0.25, 0.3) is 0 Å². The molecule has 0 atom stereocenters. The van der Waals surface area contributed by atoms with Gasteiger partial charge in [-0.3, -0.25) is 4.79 Å². The standard InChI is InChI=1S/C15H18N4O3S/c1-10-17-12(9-23-10)14(20)19-7-4-11(5-8-19)22-13-3-6-16-15(18-13)21-2/h3,6,9,11H,4-5,7-8H2,1-2H3. The number of hydrogen-bond acceptors (Lipinski definition) is 7. The molecule has 2 aromatic heterocycles. The lowest BCUT2D eigenvalue weighted by Crippen LogP contribution is -2.42. The average molecular weight is 334 g/mol. The maximum atomic E-state index is 12.4. The van der Waals surface area contributed by atoms with Gasteiger partial charge in [0.05, 0.1) is 12.1 Å². The van der Waals surface area contributed by atoms with Crippen LogP contribution in [0.3, 0.4) is 0 Å². The molecule has 0 radical (unpaired) electrons. The Morgan fingerprint density at radius 2 is 2.13 bits per heavy atom. The monoisotopic (exact) mass is 334 g/mol. The second kappa shape index (κ2) is 6.91. The summed E-state index contributed by atoms with van der Waals surface area (Å²) in [6, 6.07) is 1.99. The number of hydrogen-bond donors (Lipinski definition) is 0. The number of methoxy groups -OCH3 is 1. The number of ether oxygens (including phenoxy) is 2. The van der Waals surface area contributed by atoms with Crippen molar-refractivity contribution in [3.8, 4) is 11.9 Å². The highest BCUT2D eigenvalue weighted by molar-refractivity contribution is 7.09. The minimum atomic E-state index is -0.00324. The van der Waals surface area contributed by atoms with E-state index in [1.165, 1.54) is 18.4 Å². The molecule has 0 N–H and O–H groups in total. The molecule has 1 saturated heterocycles. The first-order chi connectivity index (χ1) is 11.2. The highest BCUT2D eigenvalue weighted by Crippen LogP contribution is 2.20. The molecule has 1 fully saturated rings. The maximum Gasteiger partial charge on any atom is 0.319 e. The Bertz CT molecular complexity index is 683. The van der Waals surface area contributed by atoms with E-state index in [1.54, 1.807) is 12.3 Å². The molecule has 2 aromatic rings. The van der Waals surface area contributed by atoms with E-state index in [-0.39, 0.29) is 18.0 Å². The van der Waals surface area contributed by atoms with E-state index in [0.29, 0.717) is 24.7 Å². The Morgan fingerprint density at radius 3 is 2.78 bits per heavy atom. The fourth-order valence-corrected chi connectivity index (χ4v) is 3.05. The van der Waals surface area contributed by atoms with Crippen LogP contribution in [0.15, 0.2) is 17.6 Å². The van der Waals surface area contributed by atoms with Crippen molar-refractivity contribution in [1.29, 1.82) is 0 Å². The molecule has 1 aliphatic heterocycles. The lowest BCUT2D eigenvalue weighted by molar-refractivity contribution is 0.0582. The van der Waals surface area contributed by atoms with Gasteiger partial charge in [0.25, 0.3) is 5.91 Å². The van der Waals surface area contributed by atoms with Gasteiger partial charge in [-0.25, -0.2) is 9.97 Å². The van der Waals surface area contributed by atoms with Crippen molar-refractivity contribution in [3.05, 3.63) is 28.3 Å². The van der Waals surface area contributed by atoms with Crippen molar-refractivity contribution >= 4 is 17.2 Å². The van der Waals surface area contributed by atoms with Gasteiger partial charge in [-0.05, 0) is 6.92 Å². The number of carbonyl (C=O) groups excluding carboxylic acids is 1. The largest absolute Gasteiger partial charge is 0.474 e.